The smallest absolute Gasteiger partial charge is 0.212 e. The fourth-order valence-electron chi connectivity index (χ4n) is 2.85. The van der Waals surface area contributed by atoms with Crippen LogP contribution in [0.15, 0.2) is 71.8 Å². The van der Waals surface area contributed by atoms with Crippen LogP contribution in [0, 0.1) is 6.92 Å². The summed E-state index contributed by atoms with van der Waals surface area (Å²) in [5.41, 5.74) is 6.41. The lowest BCUT2D eigenvalue weighted by molar-refractivity contribution is -0.662. The van der Waals surface area contributed by atoms with E-state index in [4.69, 9.17) is 0 Å². The van der Waals surface area contributed by atoms with E-state index in [2.05, 4.69) is 97.9 Å². The molecule has 0 bridgehead atoms. The fourth-order valence-corrected chi connectivity index (χ4v) is 3.62. The topological polar surface area (TPSA) is 3.88 Å². The third-order valence-corrected chi connectivity index (χ3v) is 5.55. The number of pyridine rings is 1. The summed E-state index contributed by atoms with van der Waals surface area (Å²) >= 11 is 0. The van der Waals surface area contributed by atoms with Gasteiger partial charge in [0, 0.05) is 11.6 Å². The zero-order valence-electron chi connectivity index (χ0n) is 14.2. The number of aromatic nitrogens is 1. The summed E-state index contributed by atoms with van der Waals surface area (Å²) in [6.45, 7) is 2.19. The fraction of sp³-hybridized carbons (Fsp3) is 0.190. The second-order valence-corrected chi connectivity index (χ2v) is 8.48. The minimum Gasteiger partial charge on any atom is -0.227 e. The highest BCUT2D eigenvalue weighted by Crippen LogP contribution is 2.30. The van der Waals surface area contributed by atoms with E-state index in [-0.39, 0.29) is 10.9 Å². The van der Waals surface area contributed by atoms with Crippen LogP contribution in [0.4, 0.5) is 0 Å². The van der Waals surface area contributed by atoms with Crippen molar-refractivity contribution in [1.29, 1.82) is 0 Å². The molecule has 1 heterocycles. The van der Waals surface area contributed by atoms with Gasteiger partial charge >= 0.3 is 0 Å². The summed E-state index contributed by atoms with van der Waals surface area (Å²) < 4.78 is 2.26. The summed E-state index contributed by atoms with van der Waals surface area (Å²) in [5, 5.41) is 0. The maximum Gasteiger partial charge on any atom is 0.212 e. The van der Waals surface area contributed by atoms with E-state index < -0.39 is 0 Å². The highest BCUT2D eigenvalue weighted by molar-refractivity contribution is 8.15. The monoisotopic (exact) mass is 322 g/mol. The molecule has 1 nitrogen and oxygen atoms in total. The largest absolute Gasteiger partial charge is 0.227 e. The lowest BCUT2D eigenvalue weighted by atomic mass is 9.97. The minimum atomic E-state index is -0.0639. The zero-order chi connectivity index (χ0) is 16.4. The summed E-state index contributed by atoms with van der Waals surface area (Å²) in [7, 11) is 2.08. The van der Waals surface area contributed by atoms with Crippen LogP contribution in [0.1, 0.15) is 5.56 Å². The van der Waals surface area contributed by atoms with Gasteiger partial charge in [0.05, 0.1) is 4.90 Å². The molecule has 2 aromatic carbocycles. The molecule has 0 radical (unpaired) electrons. The molecular formula is C21H24NS+. The van der Waals surface area contributed by atoms with Crippen molar-refractivity contribution in [3.05, 3.63) is 72.4 Å². The minimum absolute atomic E-state index is 0.0639. The Balaban J connectivity index is 2.10. The maximum atomic E-state index is 2.31. The normalized spacial score (nSPS) is 11.4. The average Bonchev–Trinajstić information content (AvgIpc) is 2.56. The van der Waals surface area contributed by atoms with Crippen molar-refractivity contribution in [3.8, 4) is 22.4 Å². The number of benzene rings is 2. The van der Waals surface area contributed by atoms with Crippen molar-refractivity contribution in [2.45, 2.75) is 11.8 Å². The number of hydrogen-bond acceptors (Lipinski definition) is 0. The first-order valence-corrected chi connectivity index (χ1v) is 10.1. The Bertz CT molecular complexity index is 823. The van der Waals surface area contributed by atoms with Gasteiger partial charge in [0.25, 0.3) is 0 Å². The lowest BCUT2D eigenvalue weighted by Gasteiger charge is -2.11. The van der Waals surface area contributed by atoms with Crippen LogP contribution in [0.3, 0.4) is 0 Å². The molecule has 0 aliphatic rings. The van der Waals surface area contributed by atoms with Crippen LogP contribution in [-0.2, 0) is 7.05 Å². The Labute approximate surface area is 142 Å². The van der Waals surface area contributed by atoms with Crippen LogP contribution in [0.5, 0.6) is 0 Å². The van der Waals surface area contributed by atoms with Crippen LogP contribution in [0.25, 0.3) is 22.4 Å². The molecule has 0 N–H and O–H groups in total. The van der Waals surface area contributed by atoms with Crippen LogP contribution < -0.4 is 4.57 Å². The summed E-state index contributed by atoms with van der Waals surface area (Å²) in [6.07, 6.45) is 6.87. The van der Waals surface area contributed by atoms with Gasteiger partial charge in [0.15, 0.2) is 6.20 Å². The first-order valence-electron chi connectivity index (χ1n) is 7.90. The molecule has 0 fully saturated rings. The standard InChI is InChI=1S/C21H24NS/c1-16-10-11-18(17-8-6-5-7-9-17)14-20(16)21-13-12-19(23(3)4)15-22(21)2/h5-15,23H,1-4H3/q+1. The van der Waals surface area contributed by atoms with Crippen molar-refractivity contribution in [2.75, 3.05) is 12.5 Å². The Morgan fingerprint density at radius 2 is 1.57 bits per heavy atom. The van der Waals surface area contributed by atoms with E-state index in [1.807, 2.05) is 0 Å². The summed E-state index contributed by atoms with van der Waals surface area (Å²) in [6, 6.07) is 21.8. The van der Waals surface area contributed by atoms with Crippen LogP contribution >= 0.6 is 10.9 Å². The molecule has 0 unspecified atom stereocenters. The highest BCUT2D eigenvalue weighted by atomic mass is 32.2. The highest BCUT2D eigenvalue weighted by Gasteiger charge is 2.14. The predicted octanol–water partition coefficient (Wildman–Crippen LogP) is 4.77. The molecule has 0 aliphatic carbocycles. The van der Waals surface area contributed by atoms with Crippen molar-refractivity contribution >= 4 is 10.9 Å². The Morgan fingerprint density at radius 3 is 2.22 bits per heavy atom. The van der Waals surface area contributed by atoms with Gasteiger partial charge in [-0.05, 0) is 48.3 Å². The molecule has 0 amide bonds. The van der Waals surface area contributed by atoms with Crippen LogP contribution in [-0.4, -0.2) is 12.5 Å². The SMILES string of the molecule is Cc1ccc(-c2ccccc2)cc1-c1ccc([SH](C)C)c[n+]1C. The third kappa shape index (κ3) is 3.32. The second-order valence-electron chi connectivity index (χ2n) is 6.17. The molecule has 23 heavy (non-hydrogen) atoms. The van der Waals surface area contributed by atoms with Crippen molar-refractivity contribution in [3.63, 3.8) is 0 Å². The van der Waals surface area contributed by atoms with Gasteiger partial charge in [-0.3, -0.25) is 0 Å². The van der Waals surface area contributed by atoms with Gasteiger partial charge in [0.1, 0.15) is 7.05 Å². The van der Waals surface area contributed by atoms with E-state index in [0.29, 0.717) is 0 Å². The Hall–Kier alpha value is -2.06. The molecule has 0 spiro atoms. The molecule has 2 heteroatoms. The molecule has 0 saturated carbocycles. The van der Waals surface area contributed by atoms with Gasteiger partial charge < -0.3 is 0 Å². The summed E-state index contributed by atoms with van der Waals surface area (Å²) in [5.74, 6) is 0. The Kier molecular flexibility index (Phi) is 4.53. The van der Waals surface area contributed by atoms with Gasteiger partial charge in [0.2, 0.25) is 5.69 Å². The molecule has 1 aromatic heterocycles. The van der Waals surface area contributed by atoms with E-state index in [1.54, 1.807) is 0 Å². The zero-order valence-corrected chi connectivity index (χ0v) is 15.1. The number of hydrogen-bond donors (Lipinski definition) is 1. The molecular weight excluding hydrogens is 298 g/mol. The van der Waals surface area contributed by atoms with Crippen LogP contribution in [0.2, 0.25) is 0 Å². The number of rotatable bonds is 3. The van der Waals surface area contributed by atoms with Gasteiger partial charge in [-0.2, -0.15) is 4.57 Å². The number of thiol groups is 1. The first-order chi connectivity index (χ1) is 11.1. The van der Waals surface area contributed by atoms with Gasteiger partial charge in [-0.15, -0.1) is 0 Å². The molecule has 3 rings (SSSR count). The molecule has 118 valence electrons. The maximum absolute atomic E-state index is 2.31. The second kappa shape index (κ2) is 6.59. The number of nitrogens with zero attached hydrogens (tertiary/aromatic N) is 1. The van der Waals surface area contributed by atoms with Crippen molar-refractivity contribution < 1.29 is 4.57 Å². The summed E-state index contributed by atoms with van der Waals surface area (Å²) in [4.78, 5) is 1.43. The molecule has 3 aromatic rings. The van der Waals surface area contributed by atoms with Gasteiger partial charge in [-0.1, -0.05) is 42.5 Å². The average molecular weight is 322 g/mol. The molecule has 0 saturated heterocycles. The van der Waals surface area contributed by atoms with E-state index in [1.165, 1.54) is 32.8 Å². The number of aryl methyl sites for hydroxylation is 2. The van der Waals surface area contributed by atoms with E-state index in [0.717, 1.165) is 0 Å². The Morgan fingerprint density at radius 1 is 0.826 bits per heavy atom. The lowest BCUT2D eigenvalue weighted by Crippen LogP contribution is -2.31. The predicted molar refractivity (Wildman–Crippen MR) is 102 cm³/mol. The third-order valence-electron chi connectivity index (χ3n) is 4.25. The van der Waals surface area contributed by atoms with Crippen molar-refractivity contribution in [2.24, 2.45) is 7.05 Å². The van der Waals surface area contributed by atoms with Crippen molar-refractivity contribution in [1.82, 2.24) is 0 Å². The molecule has 0 atom stereocenters. The quantitative estimate of drug-likeness (QED) is 0.523. The van der Waals surface area contributed by atoms with E-state index in [9.17, 15) is 0 Å². The first kappa shape index (κ1) is 15.8. The van der Waals surface area contributed by atoms with Gasteiger partial charge in [-0.25, -0.2) is 10.9 Å². The van der Waals surface area contributed by atoms with E-state index >= 15 is 0 Å². The molecule has 0 aliphatic heterocycles.